The average molecular weight is 308 g/mol. The Morgan fingerprint density at radius 2 is 1.68 bits per heavy atom. The van der Waals surface area contributed by atoms with Crippen molar-refractivity contribution in [3.8, 4) is 0 Å². The van der Waals surface area contributed by atoms with Gasteiger partial charge in [0.05, 0.1) is 0 Å². The molecule has 0 saturated heterocycles. The SMILES string of the molecule is CN=C(NCCNC(=O)C1CC1)NC1CCC(C(C)C)CC1. The van der Waals surface area contributed by atoms with Crippen molar-refractivity contribution < 1.29 is 4.79 Å². The second-order valence-electron chi connectivity index (χ2n) is 7.06. The molecular formula is C17H32N4O. The van der Waals surface area contributed by atoms with Crippen molar-refractivity contribution in [2.24, 2.45) is 22.7 Å². The topological polar surface area (TPSA) is 65.5 Å². The molecule has 3 N–H and O–H groups in total. The summed E-state index contributed by atoms with van der Waals surface area (Å²) in [4.78, 5) is 15.8. The van der Waals surface area contributed by atoms with Gasteiger partial charge in [0.2, 0.25) is 5.91 Å². The highest BCUT2D eigenvalue weighted by molar-refractivity contribution is 5.81. The third-order valence-corrected chi connectivity index (χ3v) is 4.94. The zero-order valence-corrected chi connectivity index (χ0v) is 14.3. The minimum atomic E-state index is 0.205. The van der Waals surface area contributed by atoms with E-state index in [0.717, 1.165) is 37.2 Å². The summed E-state index contributed by atoms with van der Waals surface area (Å²) in [6, 6.07) is 0.530. The lowest BCUT2D eigenvalue weighted by atomic mass is 9.80. The van der Waals surface area contributed by atoms with Crippen molar-refractivity contribution in [3.63, 3.8) is 0 Å². The molecule has 1 amide bonds. The molecule has 2 fully saturated rings. The number of carbonyl (C=O) groups excluding carboxylic acids is 1. The number of guanidine groups is 1. The zero-order valence-electron chi connectivity index (χ0n) is 14.3. The molecule has 0 unspecified atom stereocenters. The van der Waals surface area contributed by atoms with Gasteiger partial charge in [-0.15, -0.1) is 0 Å². The Labute approximate surface area is 134 Å². The largest absolute Gasteiger partial charge is 0.355 e. The monoisotopic (exact) mass is 308 g/mol. The number of rotatable bonds is 6. The number of aliphatic imine (C=N–C) groups is 1. The van der Waals surface area contributed by atoms with E-state index in [1.54, 1.807) is 7.05 Å². The number of hydrogen-bond acceptors (Lipinski definition) is 2. The minimum absolute atomic E-state index is 0.205. The van der Waals surface area contributed by atoms with Gasteiger partial charge < -0.3 is 16.0 Å². The molecule has 0 spiro atoms. The normalized spacial score (nSPS) is 25.9. The molecule has 5 heteroatoms. The van der Waals surface area contributed by atoms with Gasteiger partial charge in [-0.25, -0.2) is 0 Å². The van der Waals surface area contributed by atoms with Crippen molar-refractivity contribution in [1.29, 1.82) is 0 Å². The fourth-order valence-electron chi connectivity index (χ4n) is 3.17. The number of amides is 1. The van der Waals surface area contributed by atoms with Gasteiger partial charge in [0.15, 0.2) is 5.96 Å². The summed E-state index contributed by atoms with van der Waals surface area (Å²) < 4.78 is 0. The second-order valence-corrected chi connectivity index (χ2v) is 7.06. The highest BCUT2D eigenvalue weighted by Crippen LogP contribution is 2.30. The summed E-state index contributed by atoms with van der Waals surface area (Å²) in [6.45, 7) is 6.04. The maximum Gasteiger partial charge on any atom is 0.223 e. The minimum Gasteiger partial charge on any atom is -0.355 e. The summed E-state index contributed by atoms with van der Waals surface area (Å²) in [7, 11) is 1.80. The van der Waals surface area contributed by atoms with E-state index in [0.29, 0.717) is 12.6 Å². The van der Waals surface area contributed by atoms with Crippen LogP contribution in [0.15, 0.2) is 4.99 Å². The van der Waals surface area contributed by atoms with Crippen LogP contribution in [0.1, 0.15) is 52.4 Å². The molecule has 126 valence electrons. The molecule has 0 radical (unpaired) electrons. The molecule has 0 aliphatic heterocycles. The van der Waals surface area contributed by atoms with Crippen LogP contribution in [0.2, 0.25) is 0 Å². The van der Waals surface area contributed by atoms with E-state index >= 15 is 0 Å². The van der Waals surface area contributed by atoms with Crippen molar-refractivity contribution >= 4 is 11.9 Å². The Bertz CT molecular complexity index is 382. The molecule has 2 aliphatic rings. The number of nitrogens with zero attached hydrogens (tertiary/aromatic N) is 1. The summed E-state index contributed by atoms with van der Waals surface area (Å²) in [5, 5.41) is 9.77. The van der Waals surface area contributed by atoms with Crippen LogP contribution >= 0.6 is 0 Å². The standard InChI is InChI=1S/C17H32N4O/c1-12(2)13-6-8-15(9-7-13)21-17(18-3)20-11-10-19-16(22)14-4-5-14/h12-15H,4-11H2,1-3H3,(H,19,22)(H2,18,20,21). The Balaban J connectivity index is 1.60. The van der Waals surface area contributed by atoms with Crippen LogP contribution in [-0.2, 0) is 4.79 Å². The number of hydrogen-bond donors (Lipinski definition) is 3. The Kier molecular flexibility index (Phi) is 6.52. The van der Waals surface area contributed by atoms with Gasteiger partial charge in [0.1, 0.15) is 0 Å². The first-order valence-electron chi connectivity index (χ1n) is 8.85. The summed E-state index contributed by atoms with van der Waals surface area (Å²) in [5.74, 6) is 3.03. The van der Waals surface area contributed by atoms with Crippen LogP contribution in [0.4, 0.5) is 0 Å². The van der Waals surface area contributed by atoms with Crippen LogP contribution in [0.3, 0.4) is 0 Å². The summed E-state index contributed by atoms with van der Waals surface area (Å²) in [6.07, 6.45) is 7.18. The smallest absolute Gasteiger partial charge is 0.223 e. The lowest BCUT2D eigenvalue weighted by Gasteiger charge is -2.32. The number of nitrogens with one attached hydrogen (secondary N) is 3. The summed E-state index contributed by atoms with van der Waals surface area (Å²) in [5.41, 5.74) is 0. The average Bonchev–Trinajstić information content (AvgIpc) is 3.35. The number of carbonyl (C=O) groups is 1. The fraction of sp³-hybridized carbons (Fsp3) is 0.882. The molecule has 2 saturated carbocycles. The molecule has 0 heterocycles. The third-order valence-electron chi connectivity index (χ3n) is 4.94. The zero-order chi connectivity index (χ0) is 15.9. The van der Waals surface area contributed by atoms with E-state index in [9.17, 15) is 4.79 Å². The van der Waals surface area contributed by atoms with E-state index in [-0.39, 0.29) is 11.8 Å². The van der Waals surface area contributed by atoms with Gasteiger partial charge >= 0.3 is 0 Å². The van der Waals surface area contributed by atoms with Crippen LogP contribution < -0.4 is 16.0 Å². The van der Waals surface area contributed by atoms with Gasteiger partial charge in [-0.1, -0.05) is 13.8 Å². The fourth-order valence-corrected chi connectivity index (χ4v) is 3.17. The third kappa shape index (κ3) is 5.50. The van der Waals surface area contributed by atoms with E-state index in [1.165, 1.54) is 25.7 Å². The first-order chi connectivity index (χ1) is 10.6. The summed E-state index contributed by atoms with van der Waals surface area (Å²) >= 11 is 0. The first kappa shape index (κ1) is 17.1. The molecule has 2 rings (SSSR count). The molecule has 2 aliphatic carbocycles. The van der Waals surface area contributed by atoms with Gasteiger partial charge in [0.25, 0.3) is 0 Å². The molecule has 0 atom stereocenters. The van der Waals surface area contributed by atoms with Crippen LogP contribution in [-0.4, -0.2) is 38.0 Å². The Hall–Kier alpha value is -1.26. The second kappa shape index (κ2) is 8.39. The van der Waals surface area contributed by atoms with Gasteiger partial charge in [-0.2, -0.15) is 0 Å². The van der Waals surface area contributed by atoms with Crippen molar-refractivity contribution in [1.82, 2.24) is 16.0 Å². The van der Waals surface area contributed by atoms with Crippen LogP contribution in [0.25, 0.3) is 0 Å². The van der Waals surface area contributed by atoms with E-state index < -0.39 is 0 Å². The van der Waals surface area contributed by atoms with Gasteiger partial charge in [0, 0.05) is 32.1 Å². The molecule has 22 heavy (non-hydrogen) atoms. The van der Waals surface area contributed by atoms with E-state index in [4.69, 9.17) is 0 Å². The maximum absolute atomic E-state index is 11.5. The predicted molar refractivity (Wildman–Crippen MR) is 90.8 cm³/mol. The quantitative estimate of drug-likeness (QED) is 0.399. The molecule has 0 aromatic carbocycles. The first-order valence-corrected chi connectivity index (χ1v) is 8.85. The lowest BCUT2D eigenvalue weighted by molar-refractivity contribution is -0.122. The van der Waals surface area contributed by atoms with Crippen LogP contribution in [0, 0.1) is 17.8 Å². The molecule has 0 aromatic rings. The van der Waals surface area contributed by atoms with E-state index in [2.05, 4.69) is 34.8 Å². The molecule has 5 nitrogen and oxygen atoms in total. The van der Waals surface area contributed by atoms with Gasteiger partial charge in [-0.05, 0) is 50.4 Å². The van der Waals surface area contributed by atoms with Crippen LogP contribution in [0.5, 0.6) is 0 Å². The molecule has 0 aromatic heterocycles. The molecular weight excluding hydrogens is 276 g/mol. The highest BCUT2D eigenvalue weighted by Gasteiger charge is 2.29. The molecule has 0 bridgehead atoms. The Morgan fingerprint density at radius 3 is 2.23 bits per heavy atom. The maximum atomic E-state index is 11.5. The lowest BCUT2D eigenvalue weighted by Crippen LogP contribution is -2.47. The Morgan fingerprint density at radius 1 is 1.05 bits per heavy atom. The highest BCUT2D eigenvalue weighted by atomic mass is 16.2. The van der Waals surface area contributed by atoms with Crippen molar-refractivity contribution in [3.05, 3.63) is 0 Å². The van der Waals surface area contributed by atoms with Gasteiger partial charge in [-0.3, -0.25) is 9.79 Å². The predicted octanol–water partition coefficient (Wildman–Crippen LogP) is 1.89. The van der Waals surface area contributed by atoms with Crippen molar-refractivity contribution in [2.45, 2.75) is 58.4 Å². The van der Waals surface area contributed by atoms with E-state index in [1.807, 2.05) is 0 Å². The van der Waals surface area contributed by atoms with Crippen molar-refractivity contribution in [2.75, 3.05) is 20.1 Å².